The zero-order chi connectivity index (χ0) is 29.6. The number of fused-ring (bicyclic) bond motifs is 4. The Balaban J connectivity index is 1.15. The molecule has 7 rings (SSSR count). The number of piperidine rings is 1. The van der Waals surface area contributed by atoms with Crippen molar-refractivity contribution in [3.05, 3.63) is 112 Å². The molecular weight excluding hydrogens is 546 g/mol. The molecule has 3 aliphatic rings. The molecule has 9 heteroatoms. The Kier molecular flexibility index (Phi) is 7.25. The average Bonchev–Trinajstić information content (AvgIpc) is 3.40. The number of rotatable bonds is 6. The Bertz CT molecular complexity index is 1690. The van der Waals surface area contributed by atoms with Crippen LogP contribution in [-0.4, -0.2) is 46.0 Å². The molecule has 0 spiro atoms. The minimum Gasteiger partial charge on any atom is -0.633 e. The highest BCUT2D eigenvalue weighted by Gasteiger charge is 2.38. The Hall–Kier alpha value is -4.05. The van der Waals surface area contributed by atoms with Crippen molar-refractivity contribution in [2.24, 2.45) is 10.9 Å². The summed E-state index contributed by atoms with van der Waals surface area (Å²) in [6.07, 6.45) is 4.51. The van der Waals surface area contributed by atoms with Crippen LogP contribution in [0.1, 0.15) is 47.6 Å². The van der Waals surface area contributed by atoms with Gasteiger partial charge in [-0.1, -0.05) is 37.3 Å². The van der Waals surface area contributed by atoms with Crippen LogP contribution in [0.15, 0.2) is 71.9 Å². The van der Waals surface area contributed by atoms with Crippen LogP contribution in [-0.2, 0) is 19.5 Å². The zero-order valence-corrected chi connectivity index (χ0v) is 24.1. The Morgan fingerprint density at radius 3 is 2.58 bits per heavy atom. The summed E-state index contributed by atoms with van der Waals surface area (Å²) in [7, 11) is 0. The van der Waals surface area contributed by atoms with Gasteiger partial charge in [0, 0.05) is 52.5 Å². The molecule has 7 nitrogen and oxygen atoms in total. The summed E-state index contributed by atoms with van der Waals surface area (Å²) in [5, 5.41) is 20.3. The van der Waals surface area contributed by atoms with Gasteiger partial charge in [-0.15, -0.1) is 0 Å². The third-order valence-electron chi connectivity index (χ3n) is 9.06. The van der Waals surface area contributed by atoms with Gasteiger partial charge in [0.2, 0.25) is 5.95 Å². The fourth-order valence-corrected chi connectivity index (χ4v) is 6.79. The molecule has 0 bridgehead atoms. The number of halogens is 2. The summed E-state index contributed by atoms with van der Waals surface area (Å²) >= 11 is 0. The second-order valence-electron chi connectivity index (χ2n) is 11.9. The lowest BCUT2D eigenvalue weighted by atomic mass is 9.92. The molecule has 43 heavy (non-hydrogen) atoms. The topological polar surface area (TPSA) is 85.3 Å². The summed E-state index contributed by atoms with van der Waals surface area (Å²) in [4.78, 5) is 14.1. The fraction of sp³-hybridized carbons (Fsp3) is 0.324. The molecule has 3 unspecified atom stereocenters. The van der Waals surface area contributed by atoms with Crippen LogP contribution in [0.3, 0.4) is 0 Å². The first kappa shape index (κ1) is 27.8. The highest BCUT2D eigenvalue weighted by atomic mass is 19.1. The number of quaternary nitrogens is 1. The molecule has 2 saturated heterocycles. The largest absolute Gasteiger partial charge is 0.633 e. The van der Waals surface area contributed by atoms with Gasteiger partial charge >= 0.3 is 0 Å². The second kappa shape index (κ2) is 11.2. The summed E-state index contributed by atoms with van der Waals surface area (Å²) in [6.45, 7) is 5.04. The average molecular weight is 581 g/mol. The van der Waals surface area contributed by atoms with Crippen LogP contribution in [0.5, 0.6) is 0 Å². The van der Waals surface area contributed by atoms with Crippen molar-refractivity contribution in [2.45, 2.75) is 45.3 Å². The lowest BCUT2D eigenvalue weighted by Gasteiger charge is -2.49. The van der Waals surface area contributed by atoms with Gasteiger partial charge < -0.3 is 20.5 Å². The lowest BCUT2D eigenvalue weighted by molar-refractivity contribution is -0.902. The predicted molar refractivity (Wildman–Crippen MR) is 164 cm³/mol. The number of benzene rings is 3. The molecule has 0 radical (unpaired) electrons. The number of anilines is 2. The molecule has 1 aromatic heterocycles. The first-order valence-electron chi connectivity index (χ1n) is 15.0. The fourth-order valence-electron chi connectivity index (χ4n) is 6.79. The molecular formula is C34H34F2N6O. The van der Waals surface area contributed by atoms with Crippen LogP contribution in [0.25, 0.3) is 11.3 Å². The first-order valence-corrected chi connectivity index (χ1v) is 15.0. The predicted octanol–water partition coefficient (Wildman–Crippen LogP) is 6.28. The van der Waals surface area contributed by atoms with Gasteiger partial charge in [0.25, 0.3) is 0 Å². The molecule has 2 fully saturated rings. The number of hydrogen-bond donors (Lipinski definition) is 2. The second-order valence-corrected chi connectivity index (χ2v) is 11.9. The van der Waals surface area contributed by atoms with Crippen molar-refractivity contribution in [3.63, 3.8) is 0 Å². The normalized spacial score (nSPS) is 22.7. The monoisotopic (exact) mass is 580 g/mol. The molecule has 3 atom stereocenters. The number of nitrogens with one attached hydrogen (secondary N) is 2. The van der Waals surface area contributed by atoms with Gasteiger partial charge in [0.05, 0.1) is 36.6 Å². The first-order chi connectivity index (χ1) is 20.9. The molecule has 0 aliphatic carbocycles. The molecule has 220 valence electrons. The van der Waals surface area contributed by atoms with E-state index in [0.717, 1.165) is 53.7 Å². The van der Waals surface area contributed by atoms with Crippen molar-refractivity contribution >= 4 is 17.3 Å². The number of aliphatic imine (C=N–C) groups is 1. The summed E-state index contributed by atoms with van der Waals surface area (Å²) in [6, 6.07) is 18.2. The maximum absolute atomic E-state index is 14.9. The van der Waals surface area contributed by atoms with Crippen LogP contribution < -0.4 is 10.6 Å². The highest BCUT2D eigenvalue weighted by molar-refractivity contribution is 6.17. The van der Waals surface area contributed by atoms with Crippen molar-refractivity contribution in [1.82, 2.24) is 15.3 Å². The van der Waals surface area contributed by atoms with Crippen molar-refractivity contribution in [2.75, 3.05) is 25.0 Å². The van der Waals surface area contributed by atoms with Crippen molar-refractivity contribution in [1.29, 1.82) is 0 Å². The number of hydrogen-bond acceptors (Lipinski definition) is 6. The van der Waals surface area contributed by atoms with E-state index in [1.165, 1.54) is 18.2 Å². The third kappa shape index (κ3) is 5.44. The molecule has 4 aromatic rings. The zero-order valence-electron chi connectivity index (χ0n) is 24.1. The lowest BCUT2D eigenvalue weighted by Crippen LogP contribution is -2.53. The maximum Gasteiger partial charge on any atom is 0.227 e. The Labute approximate surface area is 249 Å². The van der Waals surface area contributed by atoms with Gasteiger partial charge in [-0.2, -0.15) is 0 Å². The van der Waals surface area contributed by atoms with E-state index in [-0.39, 0.29) is 22.5 Å². The van der Waals surface area contributed by atoms with Crippen LogP contribution in [0.2, 0.25) is 0 Å². The van der Waals surface area contributed by atoms with E-state index in [1.807, 2.05) is 49.4 Å². The number of aryl methyl sites for hydroxylation is 1. The number of likely N-dealkylation sites (tertiary alicyclic amines) is 1. The summed E-state index contributed by atoms with van der Waals surface area (Å²) < 4.78 is 29.7. The number of hydroxylamine groups is 3. The molecule has 2 N–H and O–H groups in total. The smallest absolute Gasteiger partial charge is 0.227 e. The Morgan fingerprint density at radius 2 is 1.79 bits per heavy atom. The minimum absolute atomic E-state index is 0.136. The number of aromatic nitrogens is 2. The van der Waals surface area contributed by atoms with E-state index < -0.39 is 11.6 Å². The van der Waals surface area contributed by atoms with Crippen LogP contribution in [0.4, 0.5) is 20.4 Å². The van der Waals surface area contributed by atoms with Gasteiger partial charge in [0.1, 0.15) is 18.2 Å². The van der Waals surface area contributed by atoms with E-state index in [0.29, 0.717) is 48.8 Å². The van der Waals surface area contributed by atoms with Gasteiger partial charge in [-0.25, -0.2) is 18.7 Å². The highest BCUT2D eigenvalue weighted by Crippen LogP contribution is 2.35. The van der Waals surface area contributed by atoms with E-state index in [2.05, 4.69) is 20.6 Å². The molecule has 3 aliphatic heterocycles. The molecule has 0 amide bonds. The summed E-state index contributed by atoms with van der Waals surface area (Å²) in [5.74, 6) is -0.428. The van der Waals surface area contributed by atoms with E-state index in [1.54, 1.807) is 6.20 Å². The van der Waals surface area contributed by atoms with Gasteiger partial charge in [-0.3, -0.25) is 4.99 Å². The quantitative estimate of drug-likeness (QED) is 0.207. The van der Waals surface area contributed by atoms with Gasteiger partial charge in [-0.05, 0) is 55.3 Å². The van der Waals surface area contributed by atoms with Gasteiger partial charge in [0.15, 0.2) is 0 Å². The van der Waals surface area contributed by atoms with E-state index in [4.69, 9.17) is 4.98 Å². The molecule has 3 aromatic carbocycles. The van der Waals surface area contributed by atoms with Crippen LogP contribution in [0, 0.1) is 22.8 Å². The minimum atomic E-state index is -0.653. The summed E-state index contributed by atoms with van der Waals surface area (Å²) in [5.41, 5.74) is 5.82. The molecule has 0 saturated carbocycles. The third-order valence-corrected chi connectivity index (χ3v) is 9.06. The van der Waals surface area contributed by atoms with Crippen LogP contribution >= 0.6 is 0 Å². The number of nitrogens with zero attached hydrogens (tertiary/aromatic N) is 4. The van der Waals surface area contributed by atoms with Crippen molar-refractivity contribution in [3.8, 4) is 11.3 Å². The van der Waals surface area contributed by atoms with Crippen molar-refractivity contribution < 1.29 is 13.4 Å². The SMILES string of the molecule is CCc1ccc2c(c1)C(c1c(F)cccc1F)=NCc1cnc(Nc3ccc(C[N+]4([O-])CCC5NCCC5C4)cc3)nc1-2. The standard InChI is InChI=1S/C34H34F2N6O/c1-2-21-8-11-26-27(16-21)33(31-28(35)4-3-5-29(31)36)38-17-24-18-39-34(41-32(24)26)40-25-9-6-22(7-10-25)19-42(43)15-13-30-23(20-42)12-14-37-30/h3-11,16,18,23,30,37H,2,12-15,17,19-20H2,1H3,(H,39,40,41). The maximum atomic E-state index is 14.9. The Morgan fingerprint density at radius 1 is 1.00 bits per heavy atom. The van der Waals surface area contributed by atoms with E-state index in [9.17, 15) is 14.0 Å². The van der Waals surface area contributed by atoms with E-state index >= 15 is 0 Å². The molecule has 4 heterocycles.